The lowest BCUT2D eigenvalue weighted by Gasteiger charge is -2.28. The Morgan fingerprint density at radius 3 is 2.63 bits per heavy atom. The summed E-state index contributed by atoms with van der Waals surface area (Å²) in [4.78, 5) is 15.9. The van der Waals surface area contributed by atoms with Crippen LogP contribution in [0.25, 0.3) is 0 Å². The lowest BCUT2D eigenvalue weighted by Crippen LogP contribution is -2.36. The summed E-state index contributed by atoms with van der Waals surface area (Å²) >= 11 is 1.58. The Morgan fingerprint density at radius 2 is 1.89 bits per heavy atom. The van der Waals surface area contributed by atoms with E-state index in [2.05, 4.69) is 35.9 Å². The zero-order valence-corrected chi connectivity index (χ0v) is 16.6. The molecule has 0 aliphatic carbocycles. The van der Waals surface area contributed by atoms with Crippen LogP contribution in [0.3, 0.4) is 0 Å². The third kappa shape index (κ3) is 3.87. The van der Waals surface area contributed by atoms with Gasteiger partial charge in [-0.25, -0.2) is 0 Å². The van der Waals surface area contributed by atoms with Gasteiger partial charge in [-0.1, -0.05) is 43.9 Å². The van der Waals surface area contributed by atoms with Crippen molar-refractivity contribution in [2.75, 3.05) is 37.7 Å². The van der Waals surface area contributed by atoms with Crippen LogP contribution in [0.1, 0.15) is 40.2 Å². The number of morpholine rings is 1. The summed E-state index contributed by atoms with van der Waals surface area (Å²) in [7, 11) is 0. The van der Waals surface area contributed by atoms with Crippen LogP contribution in [0.5, 0.6) is 0 Å². The molecule has 0 radical (unpaired) electrons. The number of anilines is 1. The number of fused-ring (bicyclic) bond motifs is 1. The van der Waals surface area contributed by atoms with E-state index >= 15 is 0 Å². The second kappa shape index (κ2) is 7.38. The van der Waals surface area contributed by atoms with Gasteiger partial charge in [0.2, 0.25) is 0 Å². The number of amides is 1. The van der Waals surface area contributed by atoms with Gasteiger partial charge in [0, 0.05) is 25.2 Å². The van der Waals surface area contributed by atoms with Crippen LogP contribution < -0.4 is 10.2 Å². The summed E-state index contributed by atoms with van der Waals surface area (Å²) in [5.74, 6) is 6.76. The molecule has 5 heteroatoms. The Morgan fingerprint density at radius 1 is 1.15 bits per heavy atom. The van der Waals surface area contributed by atoms with E-state index in [-0.39, 0.29) is 11.3 Å². The van der Waals surface area contributed by atoms with E-state index < -0.39 is 0 Å². The molecule has 4 rings (SSSR count). The molecule has 0 bridgehead atoms. The van der Waals surface area contributed by atoms with Crippen molar-refractivity contribution in [2.45, 2.75) is 20.3 Å². The Labute approximate surface area is 164 Å². The largest absolute Gasteiger partial charge is 0.378 e. The number of carbonyl (C=O) groups is 1. The number of nitrogens with one attached hydrogen (secondary N) is 1. The topological polar surface area (TPSA) is 41.6 Å². The van der Waals surface area contributed by atoms with Gasteiger partial charge in [-0.3, -0.25) is 4.79 Å². The predicted octanol–water partition coefficient (Wildman–Crippen LogP) is 3.30. The highest BCUT2D eigenvalue weighted by atomic mass is 32.1. The second-order valence-corrected chi connectivity index (χ2v) is 8.83. The standard InChI is InChI=1S/C22H24N2O2S/c1-22(2)14-18-17(9-8-16-6-4-3-5-7-16)21(24-10-12-26-13-11-24)27-19(18)20(25)23-15-22/h3-7H,10-15H2,1-2H3,(H,23,25). The highest BCUT2D eigenvalue weighted by molar-refractivity contribution is 7.18. The Kier molecular flexibility index (Phi) is 4.94. The van der Waals surface area contributed by atoms with E-state index in [0.29, 0.717) is 19.8 Å². The summed E-state index contributed by atoms with van der Waals surface area (Å²) in [6, 6.07) is 10.0. The van der Waals surface area contributed by atoms with E-state index in [4.69, 9.17) is 4.74 Å². The molecule has 1 amide bonds. The average molecular weight is 381 g/mol. The predicted molar refractivity (Wildman–Crippen MR) is 110 cm³/mol. The highest BCUT2D eigenvalue weighted by Crippen LogP contribution is 2.40. The van der Waals surface area contributed by atoms with Crippen molar-refractivity contribution in [1.29, 1.82) is 0 Å². The van der Waals surface area contributed by atoms with E-state index in [9.17, 15) is 4.79 Å². The molecule has 1 aromatic heterocycles. The molecular formula is C22H24N2O2S. The minimum Gasteiger partial charge on any atom is -0.378 e. The molecule has 0 unspecified atom stereocenters. The van der Waals surface area contributed by atoms with Crippen LogP contribution in [0.15, 0.2) is 30.3 Å². The number of nitrogens with zero attached hydrogens (tertiary/aromatic N) is 1. The molecule has 1 N–H and O–H groups in total. The quantitative estimate of drug-likeness (QED) is 0.772. The summed E-state index contributed by atoms with van der Waals surface area (Å²) in [6.07, 6.45) is 0.848. The van der Waals surface area contributed by atoms with Crippen LogP contribution in [0, 0.1) is 17.3 Å². The molecular weight excluding hydrogens is 356 g/mol. The zero-order valence-electron chi connectivity index (χ0n) is 15.8. The summed E-state index contributed by atoms with van der Waals surface area (Å²) in [5.41, 5.74) is 3.12. The number of hydrogen-bond acceptors (Lipinski definition) is 4. The van der Waals surface area contributed by atoms with Gasteiger partial charge >= 0.3 is 0 Å². The third-order valence-electron chi connectivity index (χ3n) is 4.98. The minimum absolute atomic E-state index is 0.00738. The number of carbonyl (C=O) groups excluding carboxylic acids is 1. The van der Waals surface area contributed by atoms with Crippen LogP contribution in [0.2, 0.25) is 0 Å². The summed E-state index contributed by atoms with van der Waals surface area (Å²) in [5, 5.41) is 4.20. The van der Waals surface area contributed by atoms with Crippen LogP contribution in [-0.2, 0) is 11.2 Å². The molecule has 0 saturated carbocycles. The smallest absolute Gasteiger partial charge is 0.261 e. The first-order valence-electron chi connectivity index (χ1n) is 9.37. The number of benzene rings is 1. The van der Waals surface area contributed by atoms with Gasteiger partial charge in [-0.15, -0.1) is 11.3 Å². The van der Waals surface area contributed by atoms with Crippen molar-refractivity contribution in [1.82, 2.24) is 5.32 Å². The summed E-state index contributed by atoms with van der Waals surface area (Å²) in [6.45, 7) is 8.18. The first-order chi connectivity index (χ1) is 13.0. The van der Waals surface area contributed by atoms with Gasteiger partial charge in [0.25, 0.3) is 5.91 Å². The van der Waals surface area contributed by atoms with Crippen molar-refractivity contribution in [3.8, 4) is 11.8 Å². The molecule has 1 fully saturated rings. The molecule has 27 heavy (non-hydrogen) atoms. The molecule has 3 heterocycles. The van der Waals surface area contributed by atoms with Gasteiger partial charge in [0.15, 0.2) is 0 Å². The number of hydrogen-bond donors (Lipinski definition) is 1. The van der Waals surface area contributed by atoms with Gasteiger partial charge < -0.3 is 15.0 Å². The monoisotopic (exact) mass is 380 g/mol. The lowest BCUT2D eigenvalue weighted by atomic mass is 9.85. The van der Waals surface area contributed by atoms with Crippen molar-refractivity contribution in [3.63, 3.8) is 0 Å². The fourth-order valence-electron chi connectivity index (χ4n) is 3.52. The third-order valence-corrected chi connectivity index (χ3v) is 6.27. The molecule has 4 nitrogen and oxygen atoms in total. The van der Waals surface area contributed by atoms with Crippen LogP contribution in [-0.4, -0.2) is 38.8 Å². The fraction of sp³-hybridized carbons (Fsp3) is 0.409. The maximum atomic E-state index is 12.7. The first kappa shape index (κ1) is 18.1. The molecule has 140 valence electrons. The summed E-state index contributed by atoms with van der Waals surface area (Å²) < 4.78 is 5.51. The molecule has 0 spiro atoms. The number of thiophene rings is 1. The fourth-order valence-corrected chi connectivity index (χ4v) is 4.76. The van der Waals surface area contributed by atoms with Crippen LogP contribution >= 0.6 is 11.3 Å². The van der Waals surface area contributed by atoms with E-state index in [1.165, 1.54) is 0 Å². The maximum Gasteiger partial charge on any atom is 0.261 e. The molecule has 1 aromatic carbocycles. The highest BCUT2D eigenvalue weighted by Gasteiger charge is 2.33. The Bertz CT molecular complexity index is 900. The van der Waals surface area contributed by atoms with Gasteiger partial charge in [0.1, 0.15) is 5.00 Å². The first-order valence-corrected chi connectivity index (χ1v) is 10.2. The minimum atomic E-state index is 0.00738. The van der Waals surface area contributed by atoms with Crippen molar-refractivity contribution < 1.29 is 9.53 Å². The molecule has 2 aromatic rings. The van der Waals surface area contributed by atoms with Gasteiger partial charge in [-0.05, 0) is 29.5 Å². The molecule has 2 aliphatic heterocycles. The normalized spacial score (nSPS) is 18.7. The molecule has 1 saturated heterocycles. The SMILES string of the molecule is CC1(C)CNC(=O)c2sc(N3CCOCC3)c(C#Cc3ccccc3)c2C1. The Balaban J connectivity index is 1.83. The van der Waals surface area contributed by atoms with Gasteiger partial charge in [-0.2, -0.15) is 0 Å². The maximum absolute atomic E-state index is 12.7. The van der Waals surface area contributed by atoms with Gasteiger partial charge in [0.05, 0.1) is 23.7 Å². The van der Waals surface area contributed by atoms with Crippen molar-refractivity contribution >= 4 is 22.2 Å². The lowest BCUT2D eigenvalue weighted by molar-refractivity contribution is 0.0948. The Hall–Kier alpha value is -2.29. The average Bonchev–Trinajstić information content (AvgIpc) is 2.98. The van der Waals surface area contributed by atoms with E-state index in [1.807, 2.05) is 30.3 Å². The van der Waals surface area contributed by atoms with Crippen molar-refractivity contribution in [3.05, 3.63) is 51.9 Å². The number of rotatable bonds is 1. The number of ether oxygens (including phenoxy) is 1. The molecule has 2 aliphatic rings. The molecule has 0 atom stereocenters. The van der Waals surface area contributed by atoms with E-state index in [0.717, 1.165) is 46.1 Å². The zero-order chi connectivity index (χ0) is 18.9. The van der Waals surface area contributed by atoms with E-state index in [1.54, 1.807) is 11.3 Å². The second-order valence-electron chi connectivity index (χ2n) is 7.83. The van der Waals surface area contributed by atoms with Crippen LogP contribution in [0.4, 0.5) is 5.00 Å². The van der Waals surface area contributed by atoms with Crippen molar-refractivity contribution in [2.24, 2.45) is 5.41 Å².